The van der Waals surface area contributed by atoms with Gasteiger partial charge in [0, 0.05) is 34.5 Å². The van der Waals surface area contributed by atoms with Crippen LogP contribution in [0.3, 0.4) is 0 Å². The van der Waals surface area contributed by atoms with Crippen molar-refractivity contribution in [2.24, 2.45) is 5.92 Å². The highest BCUT2D eigenvalue weighted by Crippen LogP contribution is 2.40. The summed E-state index contributed by atoms with van der Waals surface area (Å²) in [6, 6.07) is 8.91. The molecule has 0 radical (unpaired) electrons. The van der Waals surface area contributed by atoms with Crippen LogP contribution in [0.1, 0.15) is 24.3 Å². The zero-order chi connectivity index (χ0) is 12.5. The zero-order valence-corrected chi connectivity index (χ0v) is 13.2. The number of hydrogen-bond acceptors (Lipinski definition) is 2. The molecule has 1 aliphatic heterocycles. The second kappa shape index (κ2) is 5.56. The molecule has 0 saturated heterocycles. The van der Waals surface area contributed by atoms with Crippen molar-refractivity contribution in [1.82, 2.24) is 4.90 Å². The number of halogens is 1. The van der Waals surface area contributed by atoms with Gasteiger partial charge in [0.25, 0.3) is 0 Å². The fraction of sp³-hybridized carbons (Fsp3) is 0.600. The maximum Gasteiger partial charge on any atom is 0.0152 e. The molecule has 3 rings (SSSR count). The first-order chi connectivity index (χ1) is 8.72. The van der Waals surface area contributed by atoms with E-state index in [2.05, 4.69) is 52.1 Å². The highest BCUT2D eigenvalue weighted by molar-refractivity contribution is 9.09. The van der Waals surface area contributed by atoms with Crippen molar-refractivity contribution in [2.45, 2.75) is 28.5 Å². The van der Waals surface area contributed by atoms with E-state index in [1.807, 2.05) is 11.8 Å². The molecule has 1 aromatic carbocycles. The van der Waals surface area contributed by atoms with E-state index in [0.717, 1.165) is 16.7 Å². The minimum Gasteiger partial charge on any atom is -0.305 e. The van der Waals surface area contributed by atoms with Gasteiger partial charge in [-0.25, -0.2) is 0 Å². The molecule has 0 bridgehead atoms. The summed E-state index contributed by atoms with van der Waals surface area (Å²) >= 11 is 5.70. The van der Waals surface area contributed by atoms with Crippen molar-refractivity contribution in [2.75, 3.05) is 25.9 Å². The quantitative estimate of drug-likeness (QED) is 0.770. The Kier molecular flexibility index (Phi) is 4.02. The van der Waals surface area contributed by atoms with Gasteiger partial charge in [0.05, 0.1) is 0 Å². The number of thioether (sulfide) groups is 1. The number of alkyl halides is 1. The van der Waals surface area contributed by atoms with Crippen molar-refractivity contribution in [1.29, 1.82) is 0 Å². The highest BCUT2D eigenvalue weighted by atomic mass is 79.9. The van der Waals surface area contributed by atoms with Crippen LogP contribution in [-0.4, -0.2) is 35.6 Å². The van der Waals surface area contributed by atoms with Crippen LogP contribution in [0.2, 0.25) is 0 Å². The monoisotopic (exact) mass is 325 g/mol. The van der Waals surface area contributed by atoms with Gasteiger partial charge < -0.3 is 4.90 Å². The number of likely N-dealkylation sites (N-methyl/N-ethyl adjacent to an activating group) is 1. The van der Waals surface area contributed by atoms with E-state index in [1.54, 1.807) is 5.56 Å². The fourth-order valence-corrected chi connectivity index (χ4v) is 5.37. The van der Waals surface area contributed by atoms with Gasteiger partial charge in [-0.15, -0.1) is 11.8 Å². The second-order valence-corrected chi connectivity index (χ2v) is 8.06. The smallest absolute Gasteiger partial charge is 0.0152 e. The summed E-state index contributed by atoms with van der Waals surface area (Å²) in [7, 11) is 2.28. The molecule has 0 N–H and O–H groups in total. The third-order valence-electron chi connectivity index (χ3n) is 4.08. The molecule has 18 heavy (non-hydrogen) atoms. The molecular formula is C15H20BrNS. The molecule has 1 aromatic rings. The Balaban J connectivity index is 1.54. The minimum absolute atomic E-state index is 0.732. The molecular weight excluding hydrogens is 306 g/mol. The van der Waals surface area contributed by atoms with E-state index in [-0.39, 0.29) is 0 Å². The van der Waals surface area contributed by atoms with Gasteiger partial charge in [-0.1, -0.05) is 34.1 Å². The standard InChI is InChI=1S/C15H20BrNS/c1-17(8-11-6-13(16)7-11)9-12-10-18-15-5-3-2-4-14(12)15/h2-5,11-13H,6-10H2,1H3. The van der Waals surface area contributed by atoms with Crippen molar-refractivity contribution in [3.63, 3.8) is 0 Å². The van der Waals surface area contributed by atoms with Crippen LogP contribution in [0.25, 0.3) is 0 Å². The Morgan fingerprint density at radius 1 is 1.28 bits per heavy atom. The summed E-state index contributed by atoms with van der Waals surface area (Å²) in [4.78, 5) is 4.83. The SMILES string of the molecule is CN(CC1CC(Br)C1)CC1CSc2ccccc21. The van der Waals surface area contributed by atoms with Crippen LogP contribution in [0.4, 0.5) is 0 Å². The fourth-order valence-electron chi connectivity index (χ4n) is 3.08. The van der Waals surface area contributed by atoms with E-state index in [9.17, 15) is 0 Å². The van der Waals surface area contributed by atoms with Crippen LogP contribution in [0.15, 0.2) is 29.2 Å². The number of benzene rings is 1. The average molecular weight is 326 g/mol. The Morgan fingerprint density at radius 2 is 2.06 bits per heavy atom. The molecule has 98 valence electrons. The van der Waals surface area contributed by atoms with E-state index >= 15 is 0 Å². The van der Waals surface area contributed by atoms with Gasteiger partial charge >= 0.3 is 0 Å². The van der Waals surface area contributed by atoms with E-state index < -0.39 is 0 Å². The van der Waals surface area contributed by atoms with Crippen molar-refractivity contribution in [3.8, 4) is 0 Å². The topological polar surface area (TPSA) is 3.24 Å². The molecule has 1 atom stereocenters. The number of fused-ring (bicyclic) bond motifs is 1. The first-order valence-electron chi connectivity index (χ1n) is 6.76. The number of nitrogens with zero attached hydrogens (tertiary/aromatic N) is 1. The molecule has 1 heterocycles. The summed E-state index contributed by atoms with van der Waals surface area (Å²) in [6.07, 6.45) is 2.72. The van der Waals surface area contributed by atoms with Crippen LogP contribution >= 0.6 is 27.7 Å². The van der Waals surface area contributed by atoms with Crippen LogP contribution < -0.4 is 0 Å². The summed E-state index contributed by atoms with van der Waals surface area (Å²) in [5, 5.41) is 0. The van der Waals surface area contributed by atoms with Crippen molar-refractivity contribution in [3.05, 3.63) is 29.8 Å². The zero-order valence-electron chi connectivity index (χ0n) is 10.8. The lowest BCUT2D eigenvalue weighted by Crippen LogP contribution is -2.36. The predicted molar refractivity (Wildman–Crippen MR) is 82.8 cm³/mol. The van der Waals surface area contributed by atoms with E-state index in [1.165, 1.54) is 36.6 Å². The molecule has 3 heteroatoms. The lowest BCUT2D eigenvalue weighted by molar-refractivity contribution is 0.208. The van der Waals surface area contributed by atoms with Crippen molar-refractivity contribution >= 4 is 27.7 Å². The van der Waals surface area contributed by atoms with Gasteiger partial charge in [-0.3, -0.25) is 0 Å². The molecule has 0 amide bonds. The molecule has 0 spiro atoms. The molecule has 1 saturated carbocycles. The lowest BCUT2D eigenvalue weighted by Gasteiger charge is -2.35. The summed E-state index contributed by atoms with van der Waals surface area (Å²) in [5.74, 6) is 2.91. The minimum atomic E-state index is 0.732. The molecule has 1 fully saturated rings. The molecule has 2 aliphatic rings. The Labute approximate surface area is 122 Å². The summed E-state index contributed by atoms with van der Waals surface area (Å²) in [5.41, 5.74) is 1.57. The normalized spacial score (nSPS) is 30.3. The van der Waals surface area contributed by atoms with Crippen molar-refractivity contribution < 1.29 is 0 Å². The van der Waals surface area contributed by atoms with E-state index in [4.69, 9.17) is 0 Å². The second-order valence-electron chi connectivity index (χ2n) is 5.70. The maximum absolute atomic E-state index is 3.68. The first-order valence-corrected chi connectivity index (χ1v) is 8.67. The lowest BCUT2D eigenvalue weighted by atomic mass is 9.85. The van der Waals surface area contributed by atoms with Gasteiger partial charge in [0.15, 0.2) is 0 Å². The van der Waals surface area contributed by atoms with Gasteiger partial charge in [0.1, 0.15) is 0 Å². The van der Waals surface area contributed by atoms with Crippen LogP contribution in [-0.2, 0) is 0 Å². The van der Waals surface area contributed by atoms with Crippen LogP contribution in [0.5, 0.6) is 0 Å². The molecule has 1 nitrogen and oxygen atoms in total. The highest BCUT2D eigenvalue weighted by Gasteiger charge is 2.29. The third-order valence-corrected chi connectivity index (χ3v) is 6.08. The molecule has 1 aliphatic carbocycles. The summed E-state index contributed by atoms with van der Waals surface area (Å²) in [6.45, 7) is 2.49. The maximum atomic E-state index is 3.68. The number of hydrogen-bond donors (Lipinski definition) is 0. The predicted octanol–water partition coefficient (Wildman–Crippen LogP) is 3.98. The molecule has 0 aromatic heterocycles. The summed E-state index contributed by atoms with van der Waals surface area (Å²) < 4.78 is 0. The Morgan fingerprint density at radius 3 is 2.83 bits per heavy atom. The van der Waals surface area contributed by atoms with Gasteiger partial charge in [-0.05, 0) is 37.4 Å². The van der Waals surface area contributed by atoms with Gasteiger partial charge in [-0.2, -0.15) is 0 Å². The largest absolute Gasteiger partial charge is 0.305 e. The Bertz CT molecular complexity index is 417. The number of rotatable bonds is 4. The third kappa shape index (κ3) is 2.78. The van der Waals surface area contributed by atoms with Gasteiger partial charge in [0.2, 0.25) is 0 Å². The first kappa shape index (κ1) is 13.0. The Hall–Kier alpha value is 0.0100. The van der Waals surface area contributed by atoms with Crippen LogP contribution in [0, 0.1) is 5.92 Å². The average Bonchev–Trinajstić information content (AvgIpc) is 2.71. The molecule has 1 unspecified atom stereocenters. The van der Waals surface area contributed by atoms with E-state index in [0.29, 0.717) is 0 Å².